The molecule has 0 unspecified atom stereocenters. The quantitative estimate of drug-likeness (QED) is 0.717. The molecule has 0 saturated heterocycles. The topological polar surface area (TPSA) is 46.1 Å². The molecule has 122 valence electrons. The van der Waals surface area contributed by atoms with E-state index in [4.69, 9.17) is 0 Å². The van der Waals surface area contributed by atoms with Gasteiger partial charge < -0.3 is 15.2 Å². The summed E-state index contributed by atoms with van der Waals surface area (Å²) in [6.07, 6.45) is 2.03. The van der Waals surface area contributed by atoms with Crippen LogP contribution in [0.3, 0.4) is 0 Å². The van der Waals surface area contributed by atoms with Gasteiger partial charge in [-0.2, -0.15) is 0 Å². The molecular weight excluding hydrogens is 298 g/mol. The molecule has 0 atom stereocenters. The lowest BCUT2D eigenvalue weighted by Crippen LogP contribution is -2.35. The molecule has 0 aliphatic carbocycles. The van der Waals surface area contributed by atoms with Crippen LogP contribution >= 0.6 is 0 Å². The summed E-state index contributed by atoms with van der Waals surface area (Å²) in [5, 5.41) is 5.78. The van der Waals surface area contributed by atoms with Crippen LogP contribution in [0.15, 0.2) is 79.0 Å². The fourth-order valence-electron chi connectivity index (χ4n) is 2.56. The van der Waals surface area contributed by atoms with E-state index >= 15 is 0 Å². The van der Waals surface area contributed by atoms with Crippen LogP contribution in [0.25, 0.3) is 0 Å². The predicted octanol–water partition coefficient (Wildman–Crippen LogP) is 3.54. The van der Waals surface area contributed by atoms with Crippen molar-refractivity contribution in [1.82, 2.24) is 15.2 Å². The number of benzene rings is 2. The highest BCUT2D eigenvalue weighted by molar-refractivity contribution is 5.73. The molecule has 4 heteroatoms. The Morgan fingerprint density at radius 3 is 2.08 bits per heavy atom. The first-order chi connectivity index (χ1) is 11.8. The Kier molecular flexibility index (Phi) is 5.30. The fraction of sp³-hybridized carbons (Fsp3) is 0.150. The maximum absolute atomic E-state index is 11.9. The average Bonchev–Trinajstić information content (AvgIpc) is 3.07. The van der Waals surface area contributed by atoms with E-state index in [0.717, 1.165) is 17.8 Å². The zero-order valence-electron chi connectivity index (χ0n) is 13.5. The first kappa shape index (κ1) is 15.9. The highest BCUT2D eigenvalue weighted by Crippen LogP contribution is 2.07. The van der Waals surface area contributed by atoms with E-state index in [1.165, 1.54) is 5.56 Å². The number of nitrogens with zero attached hydrogens (tertiary/aromatic N) is 1. The van der Waals surface area contributed by atoms with Gasteiger partial charge in [-0.1, -0.05) is 60.7 Å². The van der Waals surface area contributed by atoms with Gasteiger partial charge in [-0.25, -0.2) is 4.79 Å². The van der Waals surface area contributed by atoms with E-state index in [2.05, 4.69) is 27.3 Å². The van der Waals surface area contributed by atoms with Gasteiger partial charge in [-0.05, 0) is 23.3 Å². The molecule has 0 bridgehead atoms. The van der Waals surface area contributed by atoms with Crippen molar-refractivity contribution in [3.8, 4) is 0 Å². The van der Waals surface area contributed by atoms with Gasteiger partial charge in [0, 0.05) is 25.0 Å². The molecule has 1 aromatic heterocycles. The lowest BCUT2D eigenvalue weighted by molar-refractivity contribution is 0.240. The van der Waals surface area contributed by atoms with Crippen LogP contribution in [-0.2, 0) is 19.6 Å². The van der Waals surface area contributed by atoms with Crippen molar-refractivity contribution < 1.29 is 4.79 Å². The maximum Gasteiger partial charge on any atom is 0.315 e. The number of urea groups is 1. The molecule has 0 fully saturated rings. The number of rotatable bonds is 6. The Morgan fingerprint density at radius 2 is 1.38 bits per heavy atom. The summed E-state index contributed by atoms with van der Waals surface area (Å²) in [4.78, 5) is 11.9. The van der Waals surface area contributed by atoms with Crippen LogP contribution < -0.4 is 10.6 Å². The van der Waals surface area contributed by atoms with Gasteiger partial charge in [0.05, 0.1) is 6.54 Å². The van der Waals surface area contributed by atoms with Crippen molar-refractivity contribution in [3.05, 3.63) is 95.8 Å². The Bertz CT molecular complexity index is 766. The van der Waals surface area contributed by atoms with E-state index in [9.17, 15) is 4.79 Å². The van der Waals surface area contributed by atoms with Crippen LogP contribution in [0.4, 0.5) is 4.79 Å². The minimum Gasteiger partial charge on any atom is -0.345 e. The molecule has 2 aromatic carbocycles. The Morgan fingerprint density at radius 1 is 0.750 bits per heavy atom. The molecule has 1 heterocycles. The second-order valence-corrected chi connectivity index (χ2v) is 5.63. The summed E-state index contributed by atoms with van der Waals surface area (Å²) in [6, 6.07) is 24.0. The molecule has 2 N–H and O–H groups in total. The smallest absolute Gasteiger partial charge is 0.315 e. The first-order valence-electron chi connectivity index (χ1n) is 8.05. The number of carbonyl (C=O) groups excluding carboxylic acids is 1. The Balaban J connectivity index is 1.50. The Labute approximate surface area is 142 Å². The van der Waals surface area contributed by atoms with Gasteiger partial charge in [-0.3, -0.25) is 0 Å². The summed E-state index contributed by atoms with van der Waals surface area (Å²) in [7, 11) is 0. The molecule has 3 aromatic rings. The van der Waals surface area contributed by atoms with Crippen LogP contribution in [0.1, 0.15) is 16.8 Å². The number of hydrogen-bond acceptors (Lipinski definition) is 1. The maximum atomic E-state index is 11.9. The van der Waals surface area contributed by atoms with Crippen LogP contribution in [0.5, 0.6) is 0 Å². The lowest BCUT2D eigenvalue weighted by atomic mass is 10.2. The largest absolute Gasteiger partial charge is 0.345 e. The molecular formula is C20H21N3O. The highest BCUT2D eigenvalue weighted by Gasteiger charge is 2.05. The third-order valence-corrected chi connectivity index (χ3v) is 3.85. The Hall–Kier alpha value is -3.01. The molecule has 24 heavy (non-hydrogen) atoms. The summed E-state index contributed by atoms with van der Waals surface area (Å²) < 4.78 is 2.15. The molecule has 0 aliphatic heterocycles. The number of hydrogen-bond donors (Lipinski definition) is 2. The van der Waals surface area contributed by atoms with Crippen LogP contribution in [0.2, 0.25) is 0 Å². The monoisotopic (exact) mass is 319 g/mol. The van der Waals surface area contributed by atoms with Crippen molar-refractivity contribution in [2.24, 2.45) is 0 Å². The van der Waals surface area contributed by atoms with E-state index < -0.39 is 0 Å². The molecule has 2 amide bonds. The predicted molar refractivity (Wildman–Crippen MR) is 95.5 cm³/mol. The molecule has 0 spiro atoms. The van der Waals surface area contributed by atoms with E-state index in [0.29, 0.717) is 13.1 Å². The fourth-order valence-corrected chi connectivity index (χ4v) is 2.56. The number of aromatic nitrogens is 1. The lowest BCUT2D eigenvalue weighted by Gasteiger charge is -2.11. The van der Waals surface area contributed by atoms with E-state index in [1.807, 2.05) is 66.9 Å². The van der Waals surface area contributed by atoms with Crippen LogP contribution in [0, 0.1) is 0 Å². The number of carbonyl (C=O) groups is 1. The molecule has 0 radical (unpaired) electrons. The van der Waals surface area contributed by atoms with Crippen molar-refractivity contribution >= 4 is 6.03 Å². The summed E-state index contributed by atoms with van der Waals surface area (Å²) >= 11 is 0. The first-order valence-corrected chi connectivity index (χ1v) is 8.05. The van der Waals surface area contributed by atoms with Crippen molar-refractivity contribution in [2.45, 2.75) is 19.6 Å². The van der Waals surface area contributed by atoms with Gasteiger partial charge in [0.15, 0.2) is 0 Å². The van der Waals surface area contributed by atoms with Gasteiger partial charge in [0.25, 0.3) is 0 Å². The molecule has 4 nitrogen and oxygen atoms in total. The summed E-state index contributed by atoms with van der Waals surface area (Å²) in [5.74, 6) is 0. The summed E-state index contributed by atoms with van der Waals surface area (Å²) in [6.45, 7) is 1.83. The molecule has 3 rings (SSSR count). The normalized spacial score (nSPS) is 10.3. The third-order valence-electron chi connectivity index (χ3n) is 3.85. The molecule has 0 saturated carbocycles. The SMILES string of the molecule is O=C(NCc1ccccc1)NCc1cccn1Cc1ccccc1. The minimum absolute atomic E-state index is 0.161. The third kappa shape index (κ3) is 4.49. The van der Waals surface area contributed by atoms with Gasteiger partial charge in [0.1, 0.15) is 0 Å². The standard InChI is InChI=1S/C20H21N3O/c24-20(21-14-17-8-3-1-4-9-17)22-15-19-12-7-13-23(19)16-18-10-5-2-6-11-18/h1-13H,14-16H2,(H2,21,22,24). The van der Waals surface area contributed by atoms with Gasteiger partial charge >= 0.3 is 6.03 Å². The van der Waals surface area contributed by atoms with E-state index in [1.54, 1.807) is 0 Å². The highest BCUT2D eigenvalue weighted by atomic mass is 16.2. The second kappa shape index (κ2) is 8.02. The average molecular weight is 319 g/mol. The second-order valence-electron chi connectivity index (χ2n) is 5.63. The van der Waals surface area contributed by atoms with Crippen molar-refractivity contribution in [1.29, 1.82) is 0 Å². The number of amides is 2. The van der Waals surface area contributed by atoms with Crippen molar-refractivity contribution in [3.63, 3.8) is 0 Å². The minimum atomic E-state index is -0.161. The van der Waals surface area contributed by atoms with E-state index in [-0.39, 0.29) is 6.03 Å². The van der Waals surface area contributed by atoms with Crippen molar-refractivity contribution in [2.75, 3.05) is 0 Å². The van der Waals surface area contributed by atoms with Crippen LogP contribution in [-0.4, -0.2) is 10.6 Å². The van der Waals surface area contributed by atoms with Gasteiger partial charge in [0.2, 0.25) is 0 Å². The zero-order valence-corrected chi connectivity index (χ0v) is 13.5. The molecule has 0 aliphatic rings. The summed E-state index contributed by atoms with van der Waals surface area (Å²) in [5.41, 5.74) is 3.40. The number of nitrogens with one attached hydrogen (secondary N) is 2. The zero-order chi connectivity index (χ0) is 16.6. The van der Waals surface area contributed by atoms with Gasteiger partial charge in [-0.15, -0.1) is 0 Å².